The molecule has 6 nitrogen and oxygen atoms in total. The van der Waals surface area contributed by atoms with Crippen LogP contribution in [0.3, 0.4) is 0 Å². The standard InChI is InChI=1S/C18H27FN4O2/c1-13(2)21-18(25)17(24)20-12-16(14-4-6-15(19)7-5-14)23-10-8-22(3)9-11-23/h4-7,13,16H,8-12H2,1-3H3,(H,20,24)(H,21,25)/t16-/m0/s1. The molecule has 0 unspecified atom stereocenters. The Labute approximate surface area is 148 Å². The highest BCUT2D eigenvalue weighted by Gasteiger charge is 2.25. The van der Waals surface area contributed by atoms with Gasteiger partial charge in [-0.25, -0.2) is 4.39 Å². The molecule has 2 rings (SSSR count). The number of hydrogen-bond acceptors (Lipinski definition) is 4. The first-order valence-corrected chi connectivity index (χ1v) is 8.63. The molecule has 0 bridgehead atoms. The summed E-state index contributed by atoms with van der Waals surface area (Å²) >= 11 is 0. The zero-order chi connectivity index (χ0) is 18.4. The number of likely N-dealkylation sites (N-methyl/N-ethyl adjacent to an activating group) is 1. The van der Waals surface area contributed by atoms with Crippen molar-refractivity contribution in [3.05, 3.63) is 35.6 Å². The monoisotopic (exact) mass is 350 g/mol. The van der Waals surface area contributed by atoms with Crippen molar-refractivity contribution in [1.29, 1.82) is 0 Å². The van der Waals surface area contributed by atoms with Crippen LogP contribution in [0.5, 0.6) is 0 Å². The SMILES string of the molecule is CC(C)NC(=O)C(=O)NC[C@@H](c1ccc(F)cc1)N1CCN(C)CC1. The Morgan fingerprint density at radius 3 is 2.24 bits per heavy atom. The maximum absolute atomic E-state index is 13.2. The third-order valence-electron chi connectivity index (χ3n) is 4.32. The van der Waals surface area contributed by atoms with Gasteiger partial charge in [0.05, 0.1) is 6.04 Å². The van der Waals surface area contributed by atoms with Gasteiger partial charge in [0.2, 0.25) is 0 Å². The van der Waals surface area contributed by atoms with Gasteiger partial charge in [0.25, 0.3) is 0 Å². The van der Waals surface area contributed by atoms with Gasteiger partial charge in [-0.3, -0.25) is 14.5 Å². The van der Waals surface area contributed by atoms with Gasteiger partial charge in [-0.2, -0.15) is 0 Å². The number of carbonyl (C=O) groups is 2. The molecule has 0 spiro atoms. The van der Waals surface area contributed by atoms with Gasteiger partial charge in [0.15, 0.2) is 0 Å². The van der Waals surface area contributed by atoms with Crippen molar-refractivity contribution in [2.45, 2.75) is 25.9 Å². The summed E-state index contributed by atoms with van der Waals surface area (Å²) in [5.74, 6) is -1.57. The fraction of sp³-hybridized carbons (Fsp3) is 0.556. The van der Waals surface area contributed by atoms with Crippen LogP contribution in [0.1, 0.15) is 25.5 Å². The molecule has 1 aromatic rings. The molecule has 0 aromatic heterocycles. The molecule has 1 aliphatic rings. The average Bonchev–Trinajstić information content (AvgIpc) is 2.57. The molecule has 2 N–H and O–H groups in total. The molecular weight excluding hydrogens is 323 g/mol. The molecule has 1 aliphatic heterocycles. The number of nitrogens with one attached hydrogen (secondary N) is 2. The van der Waals surface area contributed by atoms with E-state index < -0.39 is 11.8 Å². The van der Waals surface area contributed by atoms with E-state index in [9.17, 15) is 14.0 Å². The van der Waals surface area contributed by atoms with E-state index in [0.717, 1.165) is 31.7 Å². The molecule has 7 heteroatoms. The minimum atomic E-state index is -0.644. The van der Waals surface area contributed by atoms with Crippen molar-refractivity contribution in [2.24, 2.45) is 0 Å². The highest BCUT2D eigenvalue weighted by atomic mass is 19.1. The maximum atomic E-state index is 13.2. The van der Waals surface area contributed by atoms with Crippen molar-refractivity contribution in [3.63, 3.8) is 0 Å². The first kappa shape index (κ1) is 19.3. The van der Waals surface area contributed by atoms with Gasteiger partial charge in [0, 0.05) is 38.8 Å². The van der Waals surface area contributed by atoms with E-state index in [0.29, 0.717) is 6.54 Å². The van der Waals surface area contributed by atoms with Crippen molar-refractivity contribution in [2.75, 3.05) is 39.8 Å². The topological polar surface area (TPSA) is 64.7 Å². The van der Waals surface area contributed by atoms with Gasteiger partial charge in [0.1, 0.15) is 5.82 Å². The summed E-state index contributed by atoms with van der Waals surface area (Å²) in [6, 6.07) is 6.13. The first-order chi connectivity index (χ1) is 11.9. The smallest absolute Gasteiger partial charge is 0.309 e. The van der Waals surface area contributed by atoms with Crippen molar-refractivity contribution >= 4 is 11.8 Å². The lowest BCUT2D eigenvalue weighted by Gasteiger charge is -2.38. The summed E-state index contributed by atoms with van der Waals surface area (Å²) in [4.78, 5) is 28.3. The molecule has 0 saturated carbocycles. The summed E-state index contributed by atoms with van der Waals surface area (Å²) in [7, 11) is 2.07. The summed E-state index contributed by atoms with van der Waals surface area (Å²) in [5, 5.41) is 5.29. The predicted octanol–water partition coefficient (Wildman–Crippen LogP) is 0.755. The zero-order valence-corrected chi connectivity index (χ0v) is 15.1. The Kier molecular flexibility index (Phi) is 6.90. The molecular formula is C18H27FN4O2. The van der Waals surface area contributed by atoms with Gasteiger partial charge in [-0.1, -0.05) is 12.1 Å². The number of hydrogen-bond donors (Lipinski definition) is 2. The molecule has 1 saturated heterocycles. The van der Waals surface area contributed by atoms with E-state index in [1.165, 1.54) is 12.1 Å². The fourth-order valence-electron chi connectivity index (χ4n) is 2.87. The summed E-state index contributed by atoms with van der Waals surface area (Å²) < 4.78 is 13.2. The minimum absolute atomic E-state index is 0.0925. The lowest BCUT2D eigenvalue weighted by molar-refractivity contribution is -0.139. The highest BCUT2D eigenvalue weighted by Crippen LogP contribution is 2.22. The Hall–Kier alpha value is -1.99. The largest absolute Gasteiger partial charge is 0.346 e. The maximum Gasteiger partial charge on any atom is 0.309 e. The Morgan fingerprint density at radius 1 is 1.08 bits per heavy atom. The number of benzene rings is 1. The van der Waals surface area contributed by atoms with Crippen molar-refractivity contribution in [3.8, 4) is 0 Å². The molecule has 1 atom stereocenters. The van der Waals surface area contributed by atoms with Crippen LogP contribution < -0.4 is 10.6 Å². The van der Waals surface area contributed by atoms with E-state index >= 15 is 0 Å². The number of carbonyl (C=O) groups excluding carboxylic acids is 2. The molecule has 2 amide bonds. The quantitative estimate of drug-likeness (QED) is 0.770. The van der Waals surface area contributed by atoms with E-state index in [4.69, 9.17) is 0 Å². The average molecular weight is 350 g/mol. The van der Waals surface area contributed by atoms with E-state index in [1.54, 1.807) is 26.0 Å². The van der Waals surface area contributed by atoms with Gasteiger partial charge < -0.3 is 15.5 Å². The van der Waals surface area contributed by atoms with Crippen molar-refractivity contribution in [1.82, 2.24) is 20.4 Å². The number of amides is 2. The Bertz CT molecular complexity index is 583. The minimum Gasteiger partial charge on any atom is -0.346 e. The number of piperazine rings is 1. The van der Waals surface area contributed by atoms with E-state index in [1.807, 2.05) is 0 Å². The molecule has 25 heavy (non-hydrogen) atoms. The summed E-state index contributed by atoms with van der Waals surface area (Å²) in [6.45, 7) is 7.48. The molecule has 138 valence electrons. The predicted molar refractivity (Wildman–Crippen MR) is 94.5 cm³/mol. The number of halogens is 1. The van der Waals surface area contributed by atoms with Crippen LogP contribution in [0, 0.1) is 5.82 Å². The van der Waals surface area contributed by atoms with Crippen LogP contribution in [-0.4, -0.2) is 67.4 Å². The summed E-state index contributed by atoms with van der Waals surface area (Å²) in [6.07, 6.45) is 0. The Balaban J connectivity index is 2.05. The van der Waals surface area contributed by atoms with Crippen LogP contribution in [0.25, 0.3) is 0 Å². The van der Waals surface area contributed by atoms with Gasteiger partial charge in [-0.05, 0) is 38.6 Å². The van der Waals surface area contributed by atoms with Gasteiger partial charge >= 0.3 is 11.8 Å². The zero-order valence-electron chi connectivity index (χ0n) is 15.1. The van der Waals surface area contributed by atoms with Crippen LogP contribution in [0.15, 0.2) is 24.3 Å². The summed E-state index contributed by atoms with van der Waals surface area (Å²) in [5.41, 5.74) is 0.926. The lowest BCUT2D eigenvalue weighted by atomic mass is 10.0. The van der Waals surface area contributed by atoms with Crippen LogP contribution in [0.2, 0.25) is 0 Å². The van der Waals surface area contributed by atoms with E-state index in [2.05, 4.69) is 27.5 Å². The first-order valence-electron chi connectivity index (χ1n) is 8.63. The molecule has 0 radical (unpaired) electrons. The number of nitrogens with zero attached hydrogens (tertiary/aromatic N) is 2. The normalized spacial score (nSPS) is 17.3. The third kappa shape index (κ3) is 5.79. The van der Waals surface area contributed by atoms with Gasteiger partial charge in [-0.15, -0.1) is 0 Å². The van der Waals surface area contributed by atoms with Crippen LogP contribution in [0.4, 0.5) is 4.39 Å². The van der Waals surface area contributed by atoms with E-state index in [-0.39, 0.29) is 17.9 Å². The van der Waals surface area contributed by atoms with Crippen LogP contribution >= 0.6 is 0 Å². The second-order valence-corrected chi connectivity index (χ2v) is 6.74. The molecule has 1 aromatic carbocycles. The Morgan fingerprint density at radius 2 is 1.68 bits per heavy atom. The molecule has 1 fully saturated rings. The van der Waals surface area contributed by atoms with Crippen LogP contribution in [-0.2, 0) is 9.59 Å². The molecule has 0 aliphatic carbocycles. The van der Waals surface area contributed by atoms with Crippen molar-refractivity contribution < 1.29 is 14.0 Å². The molecule has 1 heterocycles. The number of rotatable bonds is 5. The fourth-order valence-corrected chi connectivity index (χ4v) is 2.87. The second-order valence-electron chi connectivity index (χ2n) is 6.74. The lowest BCUT2D eigenvalue weighted by Crippen LogP contribution is -2.50. The highest BCUT2D eigenvalue weighted by molar-refractivity contribution is 6.35. The third-order valence-corrected chi connectivity index (χ3v) is 4.32. The second kappa shape index (κ2) is 8.92.